The van der Waals surface area contributed by atoms with Crippen LogP contribution in [0, 0.1) is 0 Å². The Bertz CT molecular complexity index is 1010. The Balaban J connectivity index is 1.73. The molecule has 134 valence electrons. The topological polar surface area (TPSA) is 90.0 Å². The summed E-state index contributed by atoms with van der Waals surface area (Å²) in [6.45, 7) is -0.0502. The quantitative estimate of drug-likeness (QED) is 0.739. The summed E-state index contributed by atoms with van der Waals surface area (Å²) in [5, 5.41) is 7.24. The van der Waals surface area contributed by atoms with Gasteiger partial charge < -0.3 is 4.52 Å². The van der Waals surface area contributed by atoms with E-state index in [1.165, 1.54) is 0 Å². The summed E-state index contributed by atoms with van der Waals surface area (Å²) in [7, 11) is -3.01. The number of hydrogen-bond acceptors (Lipinski definition) is 5. The number of nitrogens with zero attached hydrogens (tertiary/aromatic N) is 3. The molecule has 1 N–H and O–H groups in total. The molecule has 0 amide bonds. The third kappa shape index (κ3) is 3.51. The molecule has 3 aromatic rings. The second kappa shape index (κ2) is 6.15. The van der Waals surface area contributed by atoms with E-state index in [0.29, 0.717) is 22.0 Å². The van der Waals surface area contributed by atoms with Crippen LogP contribution in [0.25, 0.3) is 11.0 Å². The standard InChI is InChI=1S/C14H13F3N4O3S/c1-21-13(8-12(19-21)14(15,16)17)25(22,23)18-7-6-10-9-4-2-3-5-11(9)24-20-10/h2-5,8,18H,6-7H2,1H3. The molecule has 0 spiro atoms. The minimum Gasteiger partial charge on any atom is -0.356 e. The van der Waals surface area contributed by atoms with Crippen LogP contribution in [-0.2, 0) is 29.7 Å². The molecule has 11 heteroatoms. The zero-order valence-corrected chi connectivity index (χ0v) is 13.7. The van der Waals surface area contributed by atoms with Crippen LogP contribution < -0.4 is 4.72 Å². The smallest absolute Gasteiger partial charge is 0.356 e. The van der Waals surface area contributed by atoms with Crippen LogP contribution in [0.5, 0.6) is 0 Å². The molecule has 0 bridgehead atoms. The van der Waals surface area contributed by atoms with Gasteiger partial charge in [0.15, 0.2) is 16.3 Å². The summed E-state index contributed by atoms with van der Waals surface area (Å²) >= 11 is 0. The highest BCUT2D eigenvalue weighted by molar-refractivity contribution is 7.89. The van der Waals surface area contributed by atoms with Gasteiger partial charge in [-0.25, -0.2) is 13.1 Å². The molecule has 0 fully saturated rings. The van der Waals surface area contributed by atoms with Gasteiger partial charge in [-0.2, -0.15) is 18.3 Å². The highest BCUT2D eigenvalue weighted by Gasteiger charge is 2.36. The average molecular weight is 374 g/mol. The second-order valence-corrected chi connectivity index (χ2v) is 6.98. The number of rotatable bonds is 5. The van der Waals surface area contributed by atoms with Gasteiger partial charge in [0, 0.05) is 31.5 Å². The van der Waals surface area contributed by atoms with E-state index in [1.54, 1.807) is 24.3 Å². The first kappa shape index (κ1) is 17.4. The molecule has 2 heterocycles. The van der Waals surface area contributed by atoms with E-state index >= 15 is 0 Å². The Hall–Kier alpha value is -2.40. The molecule has 0 aliphatic heterocycles. The highest BCUT2D eigenvalue weighted by atomic mass is 32.2. The molecule has 3 rings (SSSR count). The molecule has 1 aromatic carbocycles. The highest BCUT2D eigenvalue weighted by Crippen LogP contribution is 2.29. The lowest BCUT2D eigenvalue weighted by Crippen LogP contribution is -2.27. The lowest BCUT2D eigenvalue weighted by molar-refractivity contribution is -0.141. The first-order chi connectivity index (χ1) is 11.7. The molecule has 7 nitrogen and oxygen atoms in total. The van der Waals surface area contributed by atoms with E-state index in [4.69, 9.17) is 4.52 Å². The number of halogens is 3. The summed E-state index contributed by atoms with van der Waals surface area (Å²) in [4.78, 5) is 0. The van der Waals surface area contributed by atoms with E-state index in [2.05, 4.69) is 15.0 Å². The summed E-state index contributed by atoms with van der Waals surface area (Å²) in [5.74, 6) is 0. The fraction of sp³-hybridized carbons (Fsp3) is 0.286. The molecule has 0 saturated heterocycles. The van der Waals surface area contributed by atoms with Crippen molar-refractivity contribution in [1.29, 1.82) is 0 Å². The van der Waals surface area contributed by atoms with Gasteiger partial charge in [0.05, 0.1) is 5.69 Å². The van der Waals surface area contributed by atoms with Gasteiger partial charge in [-0.1, -0.05) is 17.3 Å². The molecule has 0 unspecified atom stereocenters. The molecular weight excluding hydrogens is 361 g/mol. The average Bonchev–Trinajstić information content (AvgIpc) is 3.11. The fourth-order valence-electron chi connectivity index (χ4n) is 2.34. The zero-order valence-electron chi connectivity index (χ0n) is 12.9. The van der Waals surface area contributed by atoms with Gasteiger partial charge in [0.1, 0.15) is 0 Å². The first-order valence-corrected chi connectivity index (χ1v) is 8.61. The third-order valence-corrected chi connectivity index (χ3v) is 5.03. The van der Waals surface area contributed by atoms with Gasteiger partial charge in [0.2, 0.25) is 0 Å². The number of nitrogens with one attached hydrogen (secondary N) is 1. The van der Waals surface area contributed by atoms with Crippen LogP contribution in [0.3, 0.4) is 0 Å². The molecule has 0 atom stereocenters. The largest absolute Gasteiger partial charge is 0.435 e. The van der Waals surface area contributed by atoms with Crippen molar-refractivity contribution >= 4 is 21.0 Å². The molecule has 25 heavy (non-hydrogen) atoms. The van der Waals surface area contributed by atoms with Crippen LogP contribution in [0.15, 0.2) is 39.9 Å². The zero-order chi connectivity index (χ0) is 18.2. The van der Waals surface area contributed by atoms with E-state index in [1.807, 2.05) is 0 Å². The van der Waals surface area contributed by atoms with E-state index in [9.17, 15) is 21.6 Å². The number of fused-ring (bicyclic) bond motifs is 1. The van der Waals surface area contributed by atoms with Gasteiger partial charge in [-0.15, -0.1) is 0 Å². The minimum atomic E-state index is -4.72. The van der Waals surface area contributed by atoms with Crippen molar-refractivity contribution in [3.63, 3.8) is 0 Å². The Morgan fingerprint density at radius 3 is 2.68 bits per heavy atom. The monoisotopic (exact) mass is 374 g/mol. The maximum atomic E-state index is 12.6. The Morgan fingerprint density at radius 2 is 2.00 bits per heavy atom. The number of alkyl halides is 3. The number of benzene rings is 1. The summed E-state index contributed by atoms with van der Waals surface area (Å²) < 4.78 is 70.4. The predicted octanol–water partition coefficient (Wildman–Crippen LogP) is 2.10. The lowest BCUT2D eigenvalue weighted by atomic mass is 10.2. The van der Waals surface area contributed by atoms with Crippen molar-refractivity contribution in [1.82, 2.24) is 19.7 Å². The molecule has 0 aliphatic rings. The lowest BCUT2D eigenvalue weighted by Gasteiger charge is -2.05. The van der Waals surface area contributed by atoms with Crippen molar-refractivity contribution in [2.45, 2.75) is 17.6 Å². The fourth-order valence-corrected chi connectivity index (χ4v) is 3.51. The van der Waals surface area contributed by atoms with Crippen LogP contribution in [0.4, 0.5) is 13.2 Å². The Labute approximate surface area is 140 Å². The number of sulfonamides is 1. The molecule has 2 aromatic heterocycles. The van der Waals surface area contributed by atoms with Crippen molar-refractivity contribution in [3.8, 4) is 0 Å². The van der Waals surface area contributed by atoms with E-state index < -0.39 is 26.9 Å². The Morgan fingerprint density at radius 1 is 1.28 bits per heavy atom. The number of para-hydroxylation sites is 1. The maximum absolute atomic E-state index is 12.6. The van der Waals surface area contributed by atoms with Crippen molar-refractivity contribution < 1.29 is 26.1 Å². The van der Waals surface area contributed by atoms with E-state index in [-0.39, 0.29) is 13.0 Å². The summed E-state index contributed by atoms with van der Waals surface area (Å²) in [6.07, 6.45) is -4.49. The number of aryl methyl sites for hydroxylation is 1. The van der Waals surface area contributed by atoms with Gasteiger partial charge >= 0.3 is 6.18 Å². The van der Waals surface area contributed by atoms with Crippen molar-refractivity contribution in [2.24, 2.45) is 7.05 Å². The Kier molecular flexibility index (Phi) is 4.29. The normalized spacial score (nSPS) is 12.8. The van der Waals surface area contributed by atoms with E-state index in [0.717, 1.165) is 12.4 Å². The van der Waals surface area contributed by atoms with Crippen LogP contribution in [0.1, 0.15) is 11.4 Å². The van der Waals surface area contributed by atoms with Crippen molar-refractivity contribution in [2.75, 3.05) is 6.54 Å². The summed E-state index contributed by atoms with van der Waals surface area (Å²) in [6, 6.07) is 7.58. The molecule has 0 aliphatic carbocycles. The second-order valence-electron chi connectivity index (χ2n) is 5.26. The van der Waals surface area contributed by atoms with Gasteiger partial charge in [0.25, 0.3) is 10.0 Å². The van der Waals surface area contributed by atoms with Crippen LogP contribution in [0.2, 0.25) is 0 Å². The number of hydrogen-bond donors (Lipinski definition) is 1. The maximum Gasteiger partial charge on any atom is 0.435 e. The predicted molar refractivity (Wildman–Crippen MR) is 81.1 cm³/mol. The van der Waals surface area contributed by atoms with Crippen LogP contribution in [-0.4, -0.2) is 29.9 Å². The van der Waals surface area contributed by atoms with Gasteiger partial charge in [-0.3, -0.25) is 4.68 Å². The van der Waals surface area contributed by atoms with Crippen molar-refractivity contribution in [3.05, 3.63) is 41.7 Å². The minimum absolute atomic E-state index is 0.0502. The molecule has 0 radical (unpaired) electrons. The van der Waals surface area contributed by atoms with Crippen LogP contribution >= 0.6 is 0 Å². The number of aromatic nitrogens is 3. The summed E-state index contributed by atoms with van der Waals surface area (Å²) in [5.41, 5.74) is -0.140. The van der Waals surface area contributed by atoms with Gasteiger partial charge in [-0.05, 0) is 12.1 Å². The third-order valence-electron chi connectivity index (χ3n) is 3.51. The first-order valence-electron chi connectivity index (χ1n) is 7.13. The molecule has 0 saturated carbocycles. The SMILES string of the molecule is Cn1nc(C(F)(F)F)cc1S(=O)(=O)NCCc1noc2ccccc12. The molecular formula is C14H13F3N4O3S.